The van der Waals surface area contributed by atoms with Gasteiger partial charge < -0.3 is 10.1 Å². The van der Waals surface area contributed by atoms with Crippen molar-refractivity contribution >= 4 is 44.6 Å². The molecule has 1 aromatic rings. The number of rotatable bonds is 4. The summed E-state index contributed by atoms with van der Waals surface area (Å²) in [6.45, 7) is 2.19. The van der Waals surface area contributed by atoms with Gasteiger partial charge in [0, 0.05) is 29.9 Å². The Morgan fingerprint density at radius 3 is 2.79 bits per heavy atom. The lowest BCUT2D eigenvalue weighted by atomic mass is 10.2. The van der Waals surface area contributed by atoms with E-state index in [4.69, 9.17) is 0 Å². The van der Waals surface area contributed by atoms with Gasteiger partial charge in [-0.25, -0.2) is 14.8 Å². The van der Waals surface area contributed by atoms with E-state index in [1.54, 1.807) is 6.92 Å². The zero-order valence-electron chi connectivity index (χ0n) is 12.7. The van der Waals surface area contributed by atoms with E-state index in [2.05, 4.69) is 41.3 Å². The molecule has 2 amide bonds. The Balaban J connectivity index is 2.34. The van der Waals surface area contributed by atoms with Gasteiger partial charge in [0.25, 0.3) is 5.72 Å². The Morgan fingerprint density at radius 1 is 1.54 bits per heavy atom. The molecule has 24 heavy (non-hydrogen) atoms. The maximum Gasteiger partial charge on any atom is 0.439 e. The van der Waals surface area contributed by atoms with E-state index in [1.807, 2.05) is 0 Å². The fourth-order valence-electron chi connectivity index (χ4n) is 1.89. The van der Waals surface area contributed by atoms with Gasteiger partial charge in [-0.15, -0.1) is 11.8 Å². The molecule has 2 heterocycles. The minimum atomic E-state index is -4.63. The van der Waals surface area contributed by atoms with Crippen molar-refractivity contribution in [1.29, 1.82) is 0 Å². The minimum Gasteiger partial charge on any atom is -0.349 e. The first kappa shape index (κ1) is 19.0. The first-order chi connectivity index (χ1) is 11.2. The summed E-state index contributed by atoms with van der Waals surface area (Å²) < 4.78 is 44.7. The van der Waals surface area contributed by atoms with Gasteiger partial charge in [-0.1, -0.05) is 0 Å². The molecule has 1 aromatic heterocycles. The molecular formula is C13H14BrF3N4O2S. The number of nitrogens with one attached hydrogen (secondary N) is 2. The summed E-state index contributed by atoms with van der Waals surface area (Å²) in [5.41, 5.74) is -2.17. The van der Waals surface area contributed by atoms with Gasteiger partial charge >= 0.3 is 12.2 Å². The zero-order chi connectivity index (χ0) is 18.0. The summed E-state index contributed by atoms with van der Waals surface area (Å²) in [5, 5.41) is 5.19. The summed E-state index contributed by atoms with van der Waals surface area (Å²) in [7, 11) is 0.976. The first-order valence-corrected chi connectivity index (χ1v) is 8.55. The quantitative estimate of drug-likeness (QED) is 0.773. The van der Waals surface area contributed by atoms with Crippen LogP contribution in [0.4, 0.5) is 23.8 Å². The number of carbonyl (C=O) groups is 1. The summed E-state index contributed by atoms with van der Waals surface area (Å²) in [5.74, 6) is -0.180. The highest BCUT2D eigenvalue weighted by Gasteiger charge is 2.58. The number of carbonyl (C=O) groups excluding carboxylic acids is 1. The van der Waals surface area contributed by atoms with Crippen LogP contribution in [0.25, 0.3) is 0 Å². The lowest BCUT2D eigenvalue weighted by Gasteiger charge is -2.25. The molecule has 6 nitrogen and oxygen atoms in total. The Morgan fingerprint density at radius 2 is 2.25 bits per heavy atom. The molecule has 1 atom stereocenters. The number of hydrogen-bond donors (Lipinski definition) is 2. The molecule has 0 spiro atoms. The van der Waals surface area contributed by atoms with Gasteiger partial charge in [0.15, 0.2) is 0 Å². The van der Waals surface area contributed by atoms with Gasteiger partial charge in [0.05, 0.1) is 5.75 Å². The standard InChI is InChI=1S/C13H14BrF3N4O2S/c1-3-18-11(22)20-9-4-7(8(14)5-19-9)10-21-12(23-2,6-24-10)13(15,16)17/h4-5H,3,6H2,1-2H3,(H2,18,19,20,22). The molecule has 2 rings (SSSR count). The number of hydrogen-bond acceptors (Lipinski definition) is 5. The molecule has 0 aromatic carbocycles. The van der Waals surface area contributed by atoms with Crippen LogP contribution >= 0.6 is 27.7 Å². The van der Waals surface area contributed by atoms with Crippen LogP contribution in [-0.2, 0) is 4.74 Å². The molecule has 0 bridgehead atoms. The van der Waals surface area contributed by atoms with E-state index in [1.165, 1.54) is 12.3 Å². The SMILES string of the molecule is CCNC(=O)Nc1cc(C2=NC(OC)(C(F)(F)F)CS2)c(Br)cn1. The number of ether oxygens (including phenoxy) is 1. The van der Waals surface area contributed by atoms with Crippen molar-refractivity contribution in [2.45, 2.75) is 18.8 Å². The van der Waals surface area contributed by atoms with Crippen molar-refractivity contribution < 1.29 is 22.7 Å². The first-order valence-electron chi connectivity index (χ1n) is 6.77. The summed E-state index contributed by atoms with van der Waals surface area (Å²) in [4.78, 5) is 19.3. The van der Waals surface area contributed by atoms with Crippen molar-refractivity contribution in [3.8, 4) is 0 Å². The largest absolute Gasteiger partial charge is 0.439 e. The predicted octanol–water partition coefficient (Wildman–Crippen LogP) is 3.38. The fourth-order valence-corrected chi connectivity index (χ4v) is 3.64. The number of halogens is 4. The molecule has 0 saturated heterocycles. The smallest absolute Gasteiger partial charge is 0.349 e. The normalized spacial score (nSPS) is 20.7. The van der Waals surface area contributed by atoms with E-state index in [0.717, 1.165) is 18.9 Å². The molecule has 11 heteroatoms. The summed E-state index contributed by atoms with van der Waals surface area (Å²) in [6, 6.07) is 0.994. The number of nitrogens with zero attached hydrogens (tertiary/aromatic N) is 2. The highest BCUT2D eigenvalue weighted by molar-refractivity contribution is 9.10. The molecule has 0 fully saturated rings. The number of pyridine rings is 1. The van der Waals surface area contributed by atoms with Crippen LogP contribution in [0.5, 0.6) is 0 Å². The maximum absolute atomic E-state index is 13.2. The third-order valence-electron chi connectivity index (χ3n) is 3.13. The second-order valence-electron chi connectivity index (χ2n) is 4.73. The number of aromatic nitrogens is 1. The van der Waals surface area contributed by atoms with Crippen LogP contribution in [0.15, 0.2) is 21.7 Å². The third-order valence-corrected chi connectivity index (χ3v) is 4.88. The Labute approximate surface area is 148 Å². The molecule has 2 N–H and O–H groups in total. The number of amides is 2. The van der Waals surface area contributed by atoms with Crippen molar-refractivity contribution in [2.24, 2.45) is 4.99 Å². The van der Waals surface area contributed by atoms with Crippen molar-refractivity contribution in [1.82, 2.24) is 10.3 Å². The second-order valence-corrected chi connectivity index (χ2v) is 6.54. The van der Waals surface area contributed by atoms with Crippen LogP contribution in [0.2, 0.25) is 0 Å². The van der Waals surface area contributed by atoms with Crippen LogP contribution in [0, 0.1) is 0 Å². The van der Waals surface area contributed by atoms with Gasteiger partial charge in [-0.3, -0.25) is 5.32 Å². The Bertz CT molecular complexity index is 671. The molecule has 0 saturated carbocycles. The third kappa shape index (κ3) is 3.83. The number of urea groups is 1. The van der Waals surface area contributed by atoms with Crippen molar-refractivity contribution in [3.63, 3.8) is 0 Å². The van der Waals surface area contributed by atoms with E-state index in [0.29, 0.717) is 16.6 Å². The minimum absolute atomic E-state index is 0.155. The van der Waals surface area contributed by atoms with Crippen LogP contribution in [0.1, 0.15) is 12.5 Å². The molecule has 0 aliphatic carbocycles. The monoisotopic (exact) mass is 426 g/mol. The molecule has 1 aliphatic heterocycles. The van der Waals surface area contributed by atoms with Crippen LogP contribution in [-0.4, -0.2) is 47.4 Å². The topological polar surface area (TPSA) is 75.6 Å². The average Bonchev–Trinajstić information content (AvgIpc) is 2.95. The molecule has 1 aliphatic rings. The number of aliphatic imine (C=N–C) groups is 1. The molecule has 1 unspecified atom stereocenters. The molecule has 132 valence electrons. The van der Waals surface area contributed by atoms with Crippen molar-refractivity contribution in [3.05, 3.63) is 22.3 Å². The number of anilines is 1. The van der Waals surface area contributed by atoms with E-state index in [-0.39, 0.29) is 16.6 Å². The highest BCUT2D eigenvalue weighted by Crippen LogP contribution is 2.43. The Kier molecular flexibility index (Phi) is 5.76. The van der Waals surface area contributed by atoms with Crippen LogP contribution in [0.3, 0.4) is 0 Å². The highest BCUT2D eigenvalue weighted by atomic mass is 79.9. The lowest BCUT2D eigenvalue weighted by molar-refractivity contribution is -0.255. The number of thioether (sulfide) groups is 1. The van der Waals surface area contributed by atoms with Gasteiger partial charge in [0.1, 0.15) is 10.9 Å². The number of methoxy groups -OCH3 is 1. The maximum atomic E-state index is 13.2. The average molecular weight is 427 g/mol. The zero-order valence-corrected chi connectivity index (χ0v) is 15.1. The molecule has 0 radical (unpaired) electrons. The van der Waals surface area contributed by atoms with E-state index in [9.17, 15) is 18.0 Å². The van der Waals surface area contributed by atoms with Crippen LogP contribution < -0.4 is 10.6 Å². The van der Waals surface area contributed by atoms with E-state index < -0.39 is 17.9 Å². The second kappa shape index (κ2) is 7.28. The van der Waals surface area contributed by atoms with E-state index >= 15 is 0 Å². The summed E-state index contributed by atoms with van der Waals surface area (Å²) in [6.07, 6.45) is -3.24. The fraction of sp³-hybridized carbons (Fsp3) is 0.462. The van der Waals surface area contributed by atoms with Crippen molar-refractivity contribution in [2.75, 3.05) is 24.7 Å². The van der Waals surface area contributed by atoms with Gasteiger partial charge in [-0.05, 0) is 28.9 Å². The van der Waals surface area contributed by atoms with Gasteiger partial charge in [0.2, 0.25) is 0 Å². The summed E-state index contributed by atoms with van der Waals surface area (Å²) >= 11 is 4.17. The van der Waals surface area contributed by atoms with Gasteiger partial charge in [-0.2, -0.15) is 13.2 Å². The molecular weight excluding hydrogens is 413 g/mol. The predicted molar refractivity (Wildman–Crippen MR) is 89.4 cm³/mol. The Hall–Kier alpha value is -1.33. The lowest BCUT2D eigenvalue weighted by Crippen LogP contribution is -2.45. The number of alkyl halides is 3.